The van der Waals surface area contributed by atoms with Crippen LogP contribution >= 0.6 is 0 Å². The molecule has 0 saturated carbocycles. The summed E-state index contributed by atoms with van der Waals surface area (Å²) in [6.07, 6.45) is 2.57. The highest BCUT2D eigenvalue weighted by atomic mass is 16.7. The molecule has 2 N–H and O–H groups in total. The highest BCUT2D eigenvalue weighted by molar-refractivity contribution is 5.51. The summed E-state index contributed by atoms with van der Waals surface area (Å²) in [5.74, 6) is 2.18. The summed E-state index contributed by atoms with van der Waals surface area (Å²) >= 11 is 0. The van der Waals surface area contributed by atoms with Gasteiger partial charge in [-0.05, 0) is 12.1 Å². The van der Waals surface area contributed by atoms with Crippen molar-refractivity contribution in [2.45, 2.75) is 13.0 Å². The third-order valence-electron chi connectivity index (χ3n) is 3.31. The number of aromatic nitrogens is 2. The normalized spacial score (nSPS) is 12.7. The minimum Gasteiger partial charge on any atom is -0.493 e. The average Bonchev–Trinajstić information content (AvgIpc) is 3.06. The minimum absolute atomic E-state index is 0.248. The van der Waals surface area contributed by atoms with Gasteiger partial charge in [0, 0.05) is 43.5 Å². The van der Waals surface area contributed by atoms with Gasteiger partial charge in [-0.25, -0.2) is 0 Å². The van der Waals surface area contributed by atoms with Gasteiger partial charge in [-0.15, -0.1) is 0 Å². The van der Waals surface area contributed by atoms with Crippen molar-refractivity contribution < 1.29 is 14.2 Å². The summed E-state index contributed by atoms with van der Waals surface area (Å²) < 4.78 is 18.3. The maximum Gasteiger partial charge on any atom is 0.231 e. The predicted molar refractivity (Wildman–Crippen MR) is 72.9 cm³/mol. The number of hydrogen-bond donors (Lipinski definition) is 1. The van der Waals surface area contributed by atoms with Gasteiger partial charge in [0.2, 0.25) is 6.79 Å². The van der Waals surface area contributed by atoms with E-state index in [0.29, 0.717) is 18.9 Å². The van der Waals surface area contributed by atoms with E-state index in [4.69, 9.17) is 19.9 Å². The summed E-state index contributed by atoms with van der Waals surface area (Å²) in [5, 5.41) is 4.13. The molecule has 1 aliphatic heterocycles. The van der Waals surface area contributed by atoms with E-state index in [2.05, 4.69) is 5.10 Å². The third-order valence-corrected chi connectivity index (χ3v) is 3.31. The molecule has 1 aliphatic rings. The van der Waals surface area contributed by atoms with E-state index < -0.39 is 0 Å². The van der Waals surface area contributed by atoms with E-state index in [1.54, 1.807) is 6.20 Å². The molecule has 1 aromatic heterocycles. The van der Waals surface area contributed by atoms with E-state index in [-0.39, 0.29) is 6.79 Å². The lowest BCUT2D eigenvalue weighted by Gasteiger charge is -2.11. The lowest BCUT2D eigenvalue weighted by Crippen LogP contribution is -2.08. The molecule has 0 spiro atoms. The average molecular weight is 275 g/mol. The fraction of sp³-hybridized carbons (Fsp3) is 0.357. The lowest BCUT2D eigenvalue weighted by molar-refractivity contribution is 0.173. The van der Waals surface area contributed by atoms with Gasteiger partial charge in [-0.1, -0.05) is 0 Å². The van der Waals surface area contributed by atoms with Crippen LogP contribution in [-0.2, 0) is 20.0 Å². The van der Waals surface area contributed by atoms with Gasteiger partial charge in [0.25, 0.3) is 0 Å². The zero-order valence-corrected chi connectivity index (χ0v) is 11.3. The van der Waals surface area contributed by atoms with Gasteiger partial charge < -0.3 is 19.9 Å². The van der Waals surface area contributed by atoms with Gasteiger partial charge >= 0.3 is 0 Å². The number of aryl methyl sites for hydroxylation is 1. The predicted octanol–water partition coefficient (Wildman–Crippen LogP) is 1.23. The van der Waals surface area contributed by atoms with Gasteiger partial charge in [0.15, 0.2) is 11.5 Å². The van der Waals surface area contributed by atoms with Crippen LogP contribution < -0.4 is 19.9 Å². The summed E-state index contributed by atoms with van der Waals surface area (Å²) in [5.41, 5.74) is 7.79. The summed E-state index contributed by atoms with van der Waals surface area (Å²) in [6, 6.07) is 5.70. The second kappa shape index (κ2) is 5.42. The van der Waals surface area contributed by atoms with E-state index in [1.807, 2.05) is 29.9 Å². The van der Waals surface area contributed by atoms with Crippen molar-refractivity contribution in [3.8, 4) is 17.2 Å². The van der Waals surface area contributed by atoms with Crippen LogP contribution in [0.5, 0.6) is 17.2 Å². The molecule has 0 fully saturated rings. The number of ether oxygens (including phenoxy) is 3. The van der Waals surface area contributed by atoms with Crippen LogP contribution in [0.3, 0.4) is 0 Å². The fourth-order valence-corrected chi connectivity index (χ4v) is 2.17. The second-order valence-corrected chi connectivity index (χ2v) is 4.56. The van der Waals surface area contributed by atoms with E-state index in [1.165, 1.54) is 0 Å². The maximum absolute atomic E-state index is 5.82. The van der Waals surface area contributed by atoms with Gasteiger partial charge in [0.1, 0.15) is 5.75 Å². The molecule has 6 nitrogen and oxygen atoms in total. The molecule has 1 aromatic carbocycles. The number of nitrogens with zero attached hydrogens (tertiary/aromatic N) is 2. The van der Waals surface area contributed by atoms with Gasteiger partial charge in [-0.2, -0.15) is 5.10 Å². The number of benzene rings is 1. The first-order valence-electron chi connectivity index (χ1n) is 6.50. The molecule has 2 heterocycles. The van der Waals surface area contributed by atoms with E-state index in [0.717, 1.165) is 29.2 Å². The molecule has 6 heteroatoms. The molecule has 0 unspecified atom stereocenters. The largest absolute Gasteiger partial charge is 0.493 e. The number of nitrogens with two attached hydrogens (primary N) is 1. The van der Waals surface area contributed by atoms with E-state index in [9.17, 15) is 0 Å². The second-order valence-electron chi connectivity index (χ2n) is 4.56. The van der Waals surface area contributed by atoms with Crippen LogP contribution in [-0.4, -0.2) is 23.2 Å². The Morgan fingerprint density at radius 3 is 2.85 bits per heavy atom. The van der Waals surface area contributed by atoms with Crippen LogP contribution in [0.2, 0.25) is 0 Å². The molecule has 0 saturated heterocycles. The monoisotopic (exact) mass is 275 g/mol. The Labute approximate surface area is 117 Å². The Bertz CT molecular complexity index is 610. The molecular weight excluding hydrogens is 258 g/mol. The SMILES string of the molecule is Cn1nccc1CCOc1cc2c(cc1CN)OCO2. The zero-order valence-electron chi connectivity index (χ0n) is 11.3. The summed E-state index contributed by atoms with van der Waals surface area (Å²) in [4.78, 5) is 0. The van der Waals surface area contributed by atoms with Crippen molar-refractivity contribution in [3.05, 3.63) is 35.7 Å². The molecule has 106 valence electrons. The van der Waals surface area contributed by atoms with Crippen LogP contribution in [0, 0.1) is 0 Å². The van der Waals surface area contributed by atoms with Crippen molar-refractivity contribution in [1.29, 1.82) is 0 Å². The standard InChI is InChI=1S/C14H17N3O3/c1-17-11(2-4-16-17)3-5-18-12-7-14-13(19-9-20-14)6-10(12)8-15/h2,4,6-7H,3,5,8-9,15H2,1H3. The topological polar surface area (TPSA) is 71.5 Å². The van der Waals surface area contributed by atoms with Crippen LogP contribution in [0.15, 0.2) is 24.4 Å². The molecular formula is C14H17N3O3. The molecule has 0 aliphatic carbocycles. The Hall–Kier alpha value is -2.21. The summed E-state index contributed by atoms with van der Waals surface area (Å²) in [7, 11) is 1.92. The molecule has 3 rings (SSSR count). The van der Waals surface area contributed by atoms with E-state index >= 15 is 0 Å². The number of fused-ring (bicyclic) bond motifs is 1. The van der Waals surface area contributed by atoms with Crippen molar-refractivity contribution in [3.63, 3.8) is 0 Å². The number of hydrogen-bond acceptors (Lipinski definition) is 5. The molecule has 0 radical (unpaired) electrons. The quantitative estimate of drug-likeness (QED) is 0.888. The molecule has 20 heavy (non-hydrogen) atoms. The van der Waals surface area contributed by atoms with Gasteiger partial charge in [0.05, 0.1) is 6.61 Å². The summed E-state index contributed by atoms with van der Waals surface area (Å²) in [6.45, 7) is 1.21. The highest BCUT2D eigenvalue weighted by Crippen LogP contribution is 2.38. The Morgan fingerprint density at radius 2 is 2.15 bits per heavy atom. The Kier molecular flexibility index (Phi) is 3.47. The van der Waals surface area contributed by atoms with Gasteiger partial charge in [-0.3, -0.25) is 4.68 Å². The lowest BCUT2D eigenvalue weighted by atomic mass is 10.1. The van der Waals surface area contributed by atoms with Crippen LogP contribution in [0.4, 0.5) is 0 Å². The van der Waals surface area contributed by atoms with Crippen molar-refractivity contribution in [2.24, 2.45) is 12.8 Å². The molecule has 0 atom stereocenters. The van der Waals surface area contributed by atoms with Crippen LogP contribution in [0.25, 0.3) is 0 Å². The van der Waals surface area contributed by atoms with Crippen LogP contribution in [0.1, 0.15) is 11.3 Å². The minimum atomic E-state index is 0.248. The molecule has 0 amide bonds. The first-order chi connectivity index (χ1) is 9.78. The zero-order chi connectivity index (χ0) is 13.9. The fourth-order valence-electron chi connectivity index (χ4n) is 2.17. The first-order valence-corrected chi connectivity index (χ1v) is 6.50. The Morgan fingerprint density at radius 1 is 1.35 bits per heavy atom. The van der Waals surface area contributed by atoms with Crippen molar-refractivity contribution >= 4 is 0 Å². The first kappa shape index (κ1) is 12.8. The highest BCUT2D eigenvalue weighted by Gasteiger charge is 2.17. The Balaban J connectivity index is 1.69. The maximum atomic E-state index is 5.82. The smallest absolute Gasteiger partial charge is 0.231 e. The third kappa shape index (κ3) is 2.42. The molecule has 0 bridgehead atoms. The van der Waals surface area contributed by atoms with Crippen molar-refractivity contribution in [1.82, 2.24) is 9.78 Å². The van der Waals surface area contributed by atoms with Crippen molar-refractivity contribution in [2.75, 3.05) is 13.4 Å². The molecule has 2 aromatic rings. The number of rotatable bonds is 5.